The van der Waals surface area contributed by atoms with Crippen molar-refractivity contribution in [2.75, 3.05) is 25.9 Å². The van der Waals surface area contributed by atoms with E-state index < -0.39 is 10.0 Å². The van der Waals surface area contributed by atoms with Crippen molar-refractivity contribution < 1.29 is 8.42 Å². The molecule has 0 aromatic carbocycles. The van der Waals surface area contributed by atoms with E-state index in [4.69, 9.17) is 0 Å². The average molecular weight is 302 g/mol. The summed E-state index contributed by atoms with van der Waals surface area (Å²) in [5, 5.41) is 3.74. The predicted octanol–water partition coefficient (Wildman–Crippen LogP) is 2.07. The van der Waals surface area contributed by atoms with Crippen molar-refractivity contribution in [3.63, 3.8) is 0 Å². The molecule has 2 rings (SSSR count). The second-order valence-electron chi connectivity index (χ2n) is 7.67. The summed E-state index contributed by atoms with van der Waals surface area (Å²) in [6, 6.07) is 0.637. The quantitative estimate of drug-likeness (QED) is 0.865. The molecule has 4 nitrogen and oxygen atoms in total. The molecule has 1 N–H and O–H groups in total. The smallest absolute Gasteiger partial charge is 0.211 e. The molecule has 0 amide bonds. The highest BCUT2D eigenvalue weighted by Gasteiger charge is 2.36. The zero-order chi connectivity index (χ0) is 15.0. The maximum atomic E-state index is 11.5. The summed E-state index contributed by atoms with van der Waals surface area (Å²) in [6.45, 7) is 9.49. The van der Waals surface area contributed by atoms with Crippen molar-refractivity contribution in [3.8, 4) is 0 Å². The third kappa shape index (κ3) is 4.18. The first-order valence-corrected chi connectivity index (χ1v) is 9.71. The Labute approximate surface area is 124 Å². The fourth-order valence-electron chi connectivity index (χ4n) is 3.93. The number of nitrogens with one attached hydrogen (secondary N) is 1. The lowest BCUT2D eigenvalue weighted by molar-refractivity contribution is 0.256. The van der Waals surface area contributed by atoms with Gasteiger partial charge in [-0.05, 0) is 49.5 Å². The molecule has 2 atom stereocenters. The van der Waals surface area contributed by atoms with Crippen LogP contribution in [0.25, 0.3) is 0 Å². The Bertz CT molecular complexity index is 425. The highest BCUT2D eigenvalue weighted by Crippen LogP contribution is 2.40. The van der Waals surface area contributed by atoms with Gasteiger partial charge in [0.1, 0.15) is 0 Å². The molecule has 1 heterocycles. The third-order valence-electron chi connectivity index (χ3n) is 5.05. The summed E-state index contributed by atoms with van der Waals surface area (Å²) >= 11 is 0. The van der Waals surface area contributed by atoms with E-state index >= 15 is 0 Å². The zero-order valence-electron chi connectivity index (χ0n) is 13.4. The standard InChI is InChI=1S/C15H30N2O2S/c1-12-9-15(2,3)10-14(12)16-11-13-5-7-17(8-6-13)20(4,18)19/h12-14,16H,5-11H2,1-4H3/t12-,14+/m0/s1. The van der Waals surface area contributed by atoms with Crippen molar-refractivity contribution >= 4 is 10.0 Å². The number of hydrogen-bond donors (Lipinski definition) is 1. The van der Waals surface area contributed by atoms with Gasteiger partial charge in [-0.25, -0.2) is 12.7 Å². The molecule has 0 aromatic heterocycles. The van der Waals surface area contributed by atoms with E-state index in [2.05, 4.69) is 26.1 Å². The largest absolute Gasteiger partial charge is 0.313 e. The van der Waals surface area contributed by atoms with E-state index in [-0.39, 0.29) is 0 Å². The minimum absolute atomic E-state index is 0.469. The Morgan fingerprint density at radius 1 is 1.20 bits per heavy atom. The van der Waals surface area contributed by atoms with Crippen LogP contribution in [0.3, 0.4) is 0 Å². The Hall–Kier alpha value is -0.130. The van der Waals surface area contributed by atoms with Crippen molar-refractivity contribution in [1.82, 2.24) is 9.62 Å². The van der Waals surface area contributed by atoms with Crippen LogP contribution >= 0.6 is 0 Å². The Morgan fingerprint density at radius 3 is 2.25 bits per heavy atom. The molecule has 1 aliphatic carbocycles. The van der Waals surface area contributed by atoms with Crippen LogP contribution in [0.2, 0.25) is 0 Å². The minimum atomic E-state index is -2.99. The molecule has 0 bridgehead atoms. The van der Waals surface area contributed by atoms with Crippen molar-refractivity contribution in [2.24, 2.45) is 17.3 Å². The van der Waals surface area contributed by atoms with E-state index in [0.717, 1.165) is 25.3 Å². The summed E-state index contributed by atoms with van der Waals surface area (Å²) < 4.78 is 24.6. The normalized spacial score (nSPS) is 32.6. The average Bonchev–Trinajstić information content (AvgIpc) is 2.59. The van der Waals surface area contributed by atoms with Gasteiger partial charge in [-0.15, -0.1) is 0 Å². The van der Waals surface area contributed by atoms with Gasteiger partial charge in [0.05, 0.1) is 6.26 Å². The molecule has 0 radical (unpaired) electrons. The topological polar surface area (TPSA) is 49.4 Å². The summed E-state index contributed by atoms with van der Waals surface area (Å²) in [4.78, 5) is 0. The van der Waals surface area contributed by atoms with Crippen LogP contribution in [0.5, 0.6) is 0 Å². The van der Waals surface area contributed by atoms with Crippen molar-refractivity contribution in [1.29, 1.82) is 0 Å². The lowest BCUT2D eigenvalue weighted by Gasteiger charge is -2.31. The maximum absolute atomic E-state index is 11.5. The molecule has 0 spiro atoms. The number of nitrogens with zero attached hydrogens (tertiary/aromatic N) is 1. The van der Waals surface area contributed by atoms with Crippen LogP contribution in [-0.4, -0.2) is 44.7 Å². The molecule has 5 heteroatoms. The van der Waals surface area contributed by atoms with Gasteiger partial charge in [0, 0.05) is 19.1 Å². The van der Waals surface area contributed by atoms with Gasteiger partial charge in [0.15, 0.2) is 0 Å². The fourth-order valence-corrected chi connectivity index (χ4v) is 4.80. The van der Waals surface area contributed by atoms with Crippen LogP contribution in [0.1, 0.15) is 46.5 Å². The summed E-state index contributed by atoms with van der Waals surface area (Å²) in [5.74, 6) is 1.38. The van der Waals surface area contributed by atoms with E-state index in [1.807, 2.05) is 0 Å². The summed E-state index contributed by atoms with van der Waals surface area (Å²) in [5.41, 5.74) is 0.469. The first-order valence-electron chi connectivity index (χ1n) is 7.86. The molecule has 1 saturated carbocycles. The molecule has 118 valence electrons. The molecule has 0 aromatic rings. The van der Waals surface area contributed by atoms with E-state index in [0.29, 0.717) is 30.5 Å². The van der Waals surface area contributed by atoms with Crippen LogP contribution in [0.4, 0.5) is 0 Å². The van der Waals surface area contributed by atoms with Crippen LogP contribution < -0.4 is 5.32 Å². The second-order valence-corrected chi connectivity index (χ2v) is 9.65. The Morgan fingerprint density at radius 2 is 1.80 bits per heavy atom. The molecular weight excluding hydrogens is 272 g/mol. The lowest BCUT2D eigenvalue weighted by atomic mass is 9.91. The monoisotopic (exact) mass is 302 g/mol. The van der Waals surface area contributed by atoms with Gasteiger partial charge in [0.2, 0.25) is 10.0 Å². The fraction of sp³-hybridized carbons (Fsp3) is 1.00. The van der Waals surface area contributed by atoms with Gasteiger partial charge >= 0.3 is 0 Å². The van der Waals surface area contributed by atoms with Gasteiger partial charge < -0.3 is 5.32 Å². The van der Waals surface area contributed by atoms with Crippen LogP contribution in [0.15, 0.2) is 0 Å². The number of rotatable bonds is 4. The first kappa shape index (κ1) is 16.2. The van der Waals surface area contributed by atoms with Gasteiger partial charge in [-0.2, -0.15) is 0 Å². The molecular formula is C15H30N2O2S. The highest BCUT2D eigenvalue weighted by atomic mass is 32.2. The SMILES string of the molecule is C[C@H]1CC(C)(C)C[C@H]1NCC1CCN(S(C)(=O)=O)CC1. The Kier molecular flexibility index (Phi) is 4.82. The molecule has 1 saturated heterocycles. The van der Waals surface area contributed by atoms with Gasteiger partial charge in [-0.1, -0.05) is 20.8 Å². The zero-order valence-corrected chi connectivity index (χ0v) is 14.2. The summed E-state index contributed by atoms with van der Waals surface area (Å²) in [7, 11) is -2.99. The highest BCUT2D eigenvalue weighted by molar-refractivity contribution is 7.88. The number of sulfonamides is 1. The predicted molar refractivity (Wildman–Crippen MR) is 83.1 cm³/mol. The van der Waals surface area contributed by atoms with Crippen LogP contribution in [0, 0.1) is 17.3 Å². The number of piperidine rings is 1. The second kappa shape index (κ2) is 5.93. The van der Waals surface area contributed by atoms with Crippen molar-refractivity contribution in [3.05, 3.63) is 0 Å². The van der Waals surface area contributed by atoms with Gasteiger partial charge in [-0.3, -0.25) is 0 Å². The van der Waals surface area contributed by atoms with Crippen LogP contribution in [-0.2, 0) is 10.0 Å². The van der Waals surface area contributed by atoms with E-state index in [9.17, 15) is 8.42 Å². The third-order valence-corrected chi connectivity index (χ3v) is 6.35. The van der Waals surface area contributed by atoms with Crippen molar-refractivity contribution in [2.45, 2.75) is 52.5 Å². The van der Waals surface area contributed by atoms with E-state index in [1.54, 1.807) is 4.31 Å². The summed E-state index contributed by atoms with van der Waals surface area (Å²) in [6.07, 6.45) is 5.86. The maximum Gasteiger partial charge on any atom is 0.211 e. The molecule has 20 heavy (non-hydrogen) atoms. The van der Waals surface area contributed by atoms with E-state index in [1.165, 1.54) is 19.1 Å². The Balaban J connectivity index is 1.74. The molecule has 1 aliphatic heterocycles. The molecule has 0 unspecified atom stereocenters. The molecule has 2 fully saturated rings. The molecule has 2 aliphatic rings. The van der Waals surface area contributed by atoms with Gasteiger partial charge in [0.25, 0.3) is 0 Å². The first-order chi connectivity index (χ1) is 9.17. The lowest BCUT2D eigenvalue weighted by Crippen LogP contribution is -2.42. The minimum Gasteiger partial charge on any atom is -0.313 e. The number of hydrogen-bond acceptors (Lipinski definition) is 3.